The summed E-state index contributed by atoms with van der Waals surface area (Å²) in [6.07, 6.45) is -2.05. The molecule has 6 rings (SSSR count). The molecule has 0 spiro atoms. The number of methoxy groups -OCH3 is 2. The third kappa shape index (κ3) is 7.92. The van der Waals surface area contributed by atoms with E-state index in [1.54, 1.807) is 0 Å². The van der Waals surface area contributed by atoms with Gasteiger partial charge in [0.05, 0.1) is 48.7 Å². The van der Waals surface area contributed by atoms with Gasteiger partial charge in [0, 0.05) is 23.3 Å². The minimum absolute atomic E-state index is 0.0262. The number of ether oxygens (including phenoxy) is 2. The smallest absolute Gasteiger partial charge is 0.317 e. The molecule has 0 unspecified atom stereocenters. The molecular formula is C52H60BF10O4P. The van der Waals surface area contributed by atoms with E-state index in [9.17, 15) is 8.78 Å². The van der Waals surface area contributed by atoms with Crippen LogP contribution in [0.15, 0.2) is 46.9 Å². The maximum Gasteiger partial charge on any atom is 0.317 e. The Morgan fingerprint density at radius 2 is 1.04 bits per heavy atom. The van der Waals surface area contributed by atoms with Gasteiger partial charge in [-0.25, -0.2) is 43.9 Å². The van der Waals surface area contributed by atoms with Crippen LogP contribution in [0.5, 0.6) is 0 Å². The monoisotopic (exact) mass is 980 g/mol. The van der Waals surface area contributed by atoms with Crippen molar-refractivity contribution in [3.05, 3.63) is 128 Å². The van der Waals surface area contributed by atoms with E-state index >= 15 is 39.9 Å². The van der Waals surface area contributed by atoms with Crippen LogP contribution in [0.1, 0.15) is 124 Å². The molecule has 3 aromatic carbocycles. The zero-order valence-corrected chi connectivity index (χ0v) is 42.1. The lowest BCUT2D eigenvalue weighted by atomic mass is 9.26. The van der Waals surface area contributed by atoms with Crippen molar-refractivity contribution in [1.29, 1.82) is 0 Å². The van der Waals surface area contributed by atoms with Crippen LogP contribution in [-0.4, -0.2) is 43.7 Å². The first-order valence-electron chi connectivity index (χ1n) is 23.0. The predicted octanol–water partition coefficient (Wildman–Crippen LogP) is 12.9. The molecular weight excluding hydrogens is 920 g/mol. The summed E-state index contributed by atoms with van der Waals surface area (Å²) >= 11 is 0. The molecule has 0 aromatic heterocycles. The number of esters is 1. The minimum atomic E-state index is -4.83. The van der Waals surface area contributed by atoms with Gasteiger partial charge in [0.15, 0.2) is 34.9 Å². The Labute approximate surface area is 393 Å². The van der Waals surface area contributed by atoms with Crippen molar-refractivity contribution in [3.8, 4) is 0 Å². The molecule has 1 aliphatic carbocycles. The van der Waals surface area contributed by atoms with Crippen LogP contribution in [0.3, 0.4) is 0 Å². The molecule has 2 heterocycles. The van der Waals surface area contributed by atoms with E-state index in [1.807, 2.05) is 83.1 Å². The molecule has 0 N–H and O–H groups in total. The summed E-state index contributed by atoms with van der Waals surface area (Å²) in [5, 5.41) is 1.54. The van der Waals surface area contributed by atoms with Crippen molar-refractivity contribution in [1.82, 2.24) is 0 Å². The number of carbonyl (C=O) groups is 1. The van der Waals surface area contributed by atoms with Gasteiger partial charge in [-0.3, -0.25) is 4.79 Å². The first kappa shape index (κ1) is 52.8. The van der Waals surface area contributed by atoms with Crippen LogP contribution in [0.25, 0.3) is 0 Å². The van der Waals surface area contributed by atoms with Gasteiger partial charge in [-0.1, -0.05) is 71.5 Å². The van der Waals surface area contributed by atoms with E-state index in [4.69, 9.17) is 14.1 Å². The number of rotatable bonds is 11. The molecule has 0 radical (unpaired) electrons. The lowest BCUT2D eigenvalue weighted by Gasteiger charge is -2.52. The van der Waals surface area contributed by atoms with Crippen molar-refractivity contribution in [2.75, 3.05) is 20.4 Å². The summed E-state index contributed by atoms with van der Waals surface area (Å²) in [5.41, 5.74) is -2.93. The zero-order chi connectivity index (χ0) is 51.2. The second-order valence-electron chi connectivity index (χ2n) is 20.7. The van der Waals surface area contributed by atoms with E-state index in [2.05, 4.69) is 24.3 Å². The number of halogens is 10. The highest BCUT2D eigenvalue weighted by Gasteiger charge is 2.65. The fourth-order valence-corrected chi connectivity index (χ4v) is 18.2. The first-order valence-corrected chi connectivity index (χ1v) is 25.1. The number of benzene rings is 3. The van der Waals surface area contributed by atoms with E-state index in [-0.39, 0.29) is 47.2 Å². The Bertz CT molecular complexity index is 2550. The minimum Gasteiger partial charge on any atom is -0.679 e. The number of fused-ring (bicyclic) bond motifs is 1. The maximum absolute atomic E-state index is 16.7. The molecule has 1 fully saturated rings. The fourth-order valence-electron chi connectivity index (χ4n) is 11.1. The molecule has 0 bridgehead atoms. The van der Waals surface area contributed by atoms with E-state index in [0.717, 1.165) is 51.5 Å². The van der Waals surface area contributed by atoms with Gasteiger partial charge in [0.25, 0.3) is 0 Å². The third-order valence-corrected chi connectivity index (χ3v) is 19.4. The van der Waals surface area contributed by atoms with Crippen molar-refractivity contribution >= 4 is 40.7 Å². The molecule has 68 heavy (non-hydrogen) atoms. The highest BCUT2D eigenvalue weighted by Crippen LogP contribution is 2.74. The van der Waals surface area contributed by atoms with E-state index in [1.165, 1.54) is 14.0 Å². The number of hydrogen-bond donors (Lipinski definition) is 0. The van der Waals surface area contributed by atoms with Crippen LogP contribution < -0.4 is 16.2 Å². The van der Waals surface area contributed by atoms with Crippen molar-refractivity contribution in [3.63, 3.8) is 0 Å². The van der Waals surface area contributed by atoms with E-state index < -0.39 is 112 Å². The molecule has 3 aliphatic rings. The van der Waals surface area contributed by atoms with Crippen LogP contribution in [0.4, 0.5) is 43.9 Å². The van der Waals surface area contributed by atoms with Crippen molar-refractivity contribution in [2.24, 2.45) is 23.2 Å². The summed E-state index contributed by atoms with van der Waals surface area (Å²) in [5.74, 6) is -27.6. The topological polar surface area (TPSA) is 44.8 Å². The number of allylic oxidation sites excluding steroid dienone is 4. The molecule has 16 heteroatoms. The predicted molar refractivity (Wildman–Crippen MR) is 250 cm³/mol. The highest BCUT2D eigenvalue weighted by atomic mass is 31.2. The quantitative estimate of drug-likeness (QED) is 0.0365. The Morgan fingerprint density at radius 1 is 0.647 bits per heavy atom. The second kappa shape index (κ2) is 18.7. The lowest BCUT2D eigenvalue weighted by Crippen LogP contribution is -2.69. The normalized spacial score (nSPS) is 21.7. The average Bonchev–Trinajstić information content (AvgIpc) is 3.56. The molecule has 0 amide bonds. The van der Waals surface area contributed by atoms with Gasteiger partial charge >= 0.3 is 5.97 Å². The summed E-state index contributed by atoms with van der Waals surface area (Å²) in [4.78, 5) is 15.4. The van der Waals surface area contributed by atoms with Gasteiger partial charge in [-0.15, -0.1) is 6.32 Å². The number of carbonyl (C=O) groups excluding carboxylic acids is 1. The molecule has 370 valence electrons. The summed E-state index contributed by atoms with van der Waals surface area (Å²) < 4.78 is 177. The molecule has 2 aliphatic heterocycles. The zero-order valence-electron chi connectivity index (χ0n) is 41.2. The summed E-state index contributed by atoms with van der Waals surface area (Å²) in [6.45, 7) is 21.9. The Balaban J connectivity index is 2.00. The van der Waals surface area contributed by atoms with Gasteiger partial charge in [-0.2, -0.15) is 0 Å². The fraction of sp³-hybridized carbons (Fsp3) is 0.481. The molecule has 0 saturated carbocycles. The van der Waals surface area contributed by atoms with Crippen LogP contribution in [0, 0.1) is 87.3 Å². The Hall–Kier alpha value is -4.52. The molecule has 1 saturated heterocycles. The number of hydrogen-bond acceptors (Lipinski definition) is 4. The van der Waals surface area contributed by atoms with Crippen LogP contribution >= 0.6 is 6.89 Å². The van der Waals surface area contributed by atoms with Crippen molar-refractivity contribution in [2.45, 2.75) is 120 Å². The van der Waals surface area contributed by atoms with Crippen LogP contribution in [-0.2, 0) is 18.9 Å². The molecule has 3 aromatic rings. The second-order valence-corrected chi connectivity index (χ2v) is 24.2. The van der Waals surface area contributed by atoms with Crippen LogP contribution in [0.2, 0.25) is 6.32 Å². The Morgan fingerprint density at radius 3 is 1.37 bits per heavy atom. The Kier molecular flexibility index (Phi) is 14.5. The molecule has 3 atom stereocenters. The van der Waals surface area contributed by atoms with Gasteiger partial charge < -0.3 is 14.1 Å². The van der Waals surface area contributed by atoms with Gasteiger partial charge in [-0.05, 0) is 99.8 Å². The van der Waals surface area contributed by atoms with Gasteiger partial charge in [0.1, 0.15) is 28.9 Å². The summed E-state index contributed by atoms with van der Waals surface area (Å²) in [7, 11) is 2.16. The molecule has 4 nitrogen and oxygen atoms in total. The van der Waals surface area contributed by atoms with Crippen molar-refractivity contribution < 1.29 is 62.8 Å². The SMILES string of the molecule is COC(=O)[C@H]1C2=C(OC)O[B-](c3c(F)c(F)c(F)c(F)c3F)(c3c(F)c(F)c(F)c(F)c3F)C[C@@]2(C)C[P@@]1(=C1C(C(C)C)=C[C+](C(C)C)C=C1C(C)C)c1c(C(C)C)cc(C(C)C)cc1C(C)C. The largest absolute Gasteiger partial charge is 0.679 e. The maximum atomic E-state index is 16.7. The standard InChI is InChI=1S/C52H60BF10O4P/c1-22(2)28-16-30(24(5)6)47(31(17-28)25(7)8)68(48-32(26(9)10)18-29(23(3)4)19-33(48)27(11)12)21-52(13)20-53(35-37(54)41(58)45(62)42(59)38(35)55,36-39(56)43(60)46(63)44(61)40(36)57)67-51(66-15)34(52)49(68)50(64)65-14/h16-19,22-27,49H,20-21H2,1-15H3/t49-,52+/m1/s1. The average molecular weight is 981 g/mol. The highest BCUT2D eigenvalue weighted by molar-refractivity contribution is 7.86. The summed E-state index contributed by atoms with van der Waals surface area (Å²) in [6, 6.07) is 4.17. The van der Waals surface area contributed by atoms with Gasteiger partial charge in [0.2, 0.25) is 12.3 Å². The lowest BCUT2D eigenvalue weighted by molar-refractivity contribution is -0.139. The van der Waals surface area contributed by atoms with E-state index in [0.29, 0.717) is 0 Å². The first-order chi connectivity index (χ1) is 31.5. The third-order valence-electron chi connectivity index (χ3n) is 14.3.